The molecule has 2 heterocycles. The Kier molecular flexibility index (Phi) is 7.96. The largest absolute Gasteiger partial charge is 0.497 e. The summed E-state index contributed by atoms with van der Waals surface area (Å²) in [6, 6.07) is 17.0. The van der Waals surface area contributed by atoms with Crippen molar-refractivity contribution in [1.29, 1.82) is 0 Å². The molecule has 10 heteroatoms. The van der Waals surface area contributed by atoms with Crippen molar-refractivity contribution in [1.82, 2.24) is 24.0 Å². The molecule has 36 heavy (non-hydrogen) atoms. The van der Waals surface area contributed by atoms with Gasteiger partial charge in [-0.25, -0.2) is 14.3 Å². The van der Waals surface area contributed by atoms with Gasteiger partial charge in [-0.2, -0.15) is 0 Å². The number of amides is 1. The molecule has 0 aliphatic carbocycles. The van der Waals surface area contributed by atoms with Gasteiger partial charge < -0.3 is 19.4 Å². The van der Waals surface area contributed by atoms with Gasteiger partial charge in [0, 0.05) is 20.2 Å². The Morgan fingerprint density at radius 3 is 2.42 bits per heavy atom. The number of carbonyl (C=O) groups excluding carboxylic acids is 1. The quantitative estimate of drug-likeness (QED) is 0.340. The van der Waals surface area contributed by atoms with Gasteiger partial charge in [-0.05, 0) is 29.7 Å². The van der Waals surface area contributed by atoms with Crippen LogP contribution in [-0.2, 0) is 35.6 Å². The van der Waals surface area contributed by atoms with E-state index in [1.807, 2.05) is 54.6 Å². The van der Waals surface area contributed by atoms with E-state index in [-0.39, 0.29) is 24.3 Å². The van der Waals surface area contributed by atoms with E-state index in [9.17, 15) is 14.4 Å². The lowest BCUT2D eigenvalue weighted by Gasteiger charge is -2.13. The van der Waals surface area contributed by atoms with Gasteiger partial charge in [0.05, 0.1) is 26.6 Å². The Labute approximate surface area is 207 Å². The lowest BCUT2D eigenvalue weighted by molar-refractivity contribution is -0.121. The highest BCUT2D eigenvalue weighted by Gasteiger charge is 2.20. The number of methoxy groups -OCH3 is 2. The molecule has 0 atom stereocenters. The maximum absolute atomic E-state index is 13.4. The minimum atomic E-state index is -0.585. The van der Waals surface area contributed by atoms with E-state index >= 15 is 0 Å². The molecule has 2 aromatic heterocycles. The summed E-state index contributed by atoms with van der Waals surface area (Å²) < 4.78 is 14.4. The van der Waals surface area contributed by atoms with Crippen LogP contribution in [0.3, 0.4) is 0 Å². The molecule has 1 N–H and O–H groups in total. The summed E-state index contributed by atoms with van der Waals surface area (Å²) in [4.78, 5) is 43.8. The molecule has 0 bridgehead atoms. The van der Waals surface area contributed by atoms with E-state index in [0.717, 1.165) is 21.4 Å². The summed E-state index contributed by atoms with van der Waals surface area (Å²) in [6.07, 6.45) is 2.12. The Bertz CT molecular complexity index is 1440. The Balaban J connectivity index is 1.59. The molecular weight excluding hydrogens is 462 g/mol. The van der Waals surface area contributed by atoms with Crippen LogP contribution in [0, 0.1) is 0 Å². The van der Waals surface area contributed by atoms with Crippen molar-refractivity contribution in [3.8, 4) is 5.75 Å². The third-order valence-corrected chi connectivity index (χ3v) is 5.90. The van der Waals surface area contributed by atoms with Gasteiger partial charge in [-0.15, -0.1) is 0 Å². The number of hydrogen-bond acceptors (Lipinski definition) is 6. The molecule has 4 rings (SSSR count). The van der Waals surface area contributed by atoms with Gasteiger partial charge in [-0.1, -0.05) is 42.5 Å². The van der Waals surface area contributed by atoms with Crippen LogP contribution in [0.2, 0.25) is 0 Å². The third-order valence-electron chi connectivity index (χ3n) is 5.90. The normalized spacial score (nSPS) is 11.1. The van der Waals surface area contributed by atoms with Crippen molar-refractivity contribution in [2.24, 2.45) is 0 Å². The number of nitrogens with zero attached hydrogens (tertiary/aromatic N) is 4. The van der Waals surface area contributed by atoms with Crippen LogP contribution in [0.4, 0.5) is 0 Å². The van der Waals surface area contributed by atoms with Gasteiger partial charge in [0.25, 0.3) is 5.56 Å². The lowest BCUT2D eigenvalue weighted by Crippen LogP contribution is -2.44. The Morgan fingerprint density at radius 1 is 0.972 bits per heavy atom. The maximum atomic E-state index is 13.4. The fourth-order valence-corrected chi connectivity index (χ4v) is 3.98. The second kappa shape index (κ2) is 11.5. The molecule has 2 aromatic carbocycles. The Hall–Kier alpha value is -4.18. The van der Waals surface area contributed by atoms with E-state index in [0.29, 0.717) is 26.1 Å². The molecule has 4 aromatic rings. The smallest absolute Gasteiger partial charge is 0.333 e. The number of fused-ring (bicyclic) bond motifs is 1. The van der Waals surface area contributed by atoms with Crippen LogP contribution in [-0.4, -0.2) is 52.0 Å². The second-order valence-electron chi connectivity index (χ2n) is 8.30. The van der Waals surface area contributed by atoms with Crippen molar-refractivity contribution in [2.45, 2.75) is 26.1 Å². The first-order valence-electron chi connectivity index (χ1n) is 11.6. The summed E-state index contributed by atoms with van der Waals surface area (Å²) in [6.45, 7) is 0.956. The molecule has 0 saturated carbocycles. The number of nitrogens with one attached hydrogen (secondary N) is 1. The molecule has 188 valence electrons. The number of benzene rings is 2. The van der Waals surface area contributed by atoms with Crippen molar-refractivity contribution in [3.05, 3.63) is 92.9 Å². The zero-order valence-corrected chi connectivity index (χ0v) is 20.3. The maximum Gasteiger partial charge on any atom is 0.333 e. The topological polar surface area (TPSA) is 109 Å². The van der Waals surface area contributed by atoms with E-state index in [2.05, 4.69) is 10.3 Å². The first kappa shape index (κ1) is 24.9. The van der Waals surface area contributed by atoms with Crippen LogP contribution < -0.4 is 21.3 Å². The molecule has 0 spiro atoms. The van der Waals surface area contributed by atoms with E-state index in [1.54, 1.807) is 18.8 Å². The van der Waals surface area contributed by atoms with Crippen molar-refractivity contribution >= 4 is 17.1 Å². The van der Waals surface area contributed by atoms with Crippen LogP contribution >= 0.6 is 0 Å². The van der Waals surface area contributed by atoms with Crippen molar-refractivity contribution in [2.75, 3.05) is 27.4 Å². The lowest BCUT2D eigenvalue weighted by atomic mass is 10.1. The predicted molar refractivity (Wildman–Crippen MR) is 135 cm³/mol. The van der Waals surface area contributed by atoms with Gasteiger partial charge >= 0.3 is 5.69 Å². The number of aromatic nitrogens is 4. The monoisotopic (exact) mass is 491 g/mol. The van der Waals surface area contributed by atoms with Crippen molar-refractivity contribution < 1.29 is 14.3 Å². The zero-order valence-electron chi connectivity index (χ0n) is 20.3. The highest BCUT2D eigenvalue weighted by molar-refractivity contribution is 5.76. The minimum Gasteiger partial charge on any atom is -0.497 e. The number of hydrogen-bond donors (Lipinski definition) is 1. The SMILES string of the molecule is COCCn1cnc2c1c(=O)n(CC(=O)NCCc1ccc(OC)cc1)c(=O)n2Cc1ccccc1. The molecule has 0 aliphatic rings. The van der Waals surface area contributed by atoms with E-state index in [4.69, 9.17) is 9.47 Å². The summed E-state index contributed by atoms with van der Waals surface area (Å²) in [5, 5.41) is 2.80. The summed E-state index contributed by atoms with van der Waals surface area (Å²) >= 11 is 0. The molecule has 0 aliphatic heterocycles. The molecule has 10 nitrogen and oxygen atoms in total. The van der Waals surface area contributed by atoms with Gasteiger partial charge in [0.2, 0.25) is 5.91 Å². The average Bonchev–Trinajstić information content (AvgIpc) is 3.33. The van der Waals surface area contributed by atoms with Gasteiger partial charge in [0.1, 0.15) is 12.3 Å². The Morgan fingerprint density at radius 2 is 1.72 bits per heavy atom. The first-order valence-corrected chi connectivity index (χ1v) is 11.6. The van der Waals surface area contributed by atoms with E-state index < -0.39 is 17.2 Å². The second-order valence-corrected chi connectivity index (χ2v) is 8.30. The van der Waals surface area contributed by atoms with Crippen LogP contribution in [0.15, 0.2) is 70.5 Å². The van der Waals surface area contributed by atoms with E-state index in [1.165, 1.54) is 10.9 Å². The summed E-state index contributed by atoms with van der Waals surface area (Å²) in [5.74, 6) is 0.338. The molecule has 0 radical (unpaired) electrons. The third kappa shape index (κ3) is 5.55. The average molecular weight is 492 g/mol. The first-order chi connectivity index (χ1) is 17.5. The van der Waals surface area contributed by atoms with Crippen LogP contribution in [0.5, 0.6) is 5.75 Å². The van der Waals surface area contributed by atoms with Crippen molar-refractivity contribution in [3.63, 3.8) is 0 Å². The fourth-order valence-electron chi connectivity index (χ4n) is 3.98. The fraction of sp³-hybridized carbons (Fsp3) is 0.308. The standard InChI is InChI=1S/C26H29N5O5/c1-35-15-14-29-18-28-24-23(29)25(33)31(26(34)30(24)16-20-6-4-3-5-7-20)17-22(32)27-13-12-19-8-10-21(36-2)11-9-19/h3-11,18H,12-17H2,1-2H3,(H,27,32). The molecular formula is C26H29N5O5. The number of rotatable bonds is 11. The van der Waals surface area contributed by atoms with Crippen LogP contribution in [0.25, 0.3) is 11.2 Å². The number of imidazole rings is 1. The molecule has 0 fully saturated rings. The molecule has 0 unspecified atom stereocenters. The van der Waals surface area contributed by atoms with Crippen LogP contribution in [0.1, 0.15) is 11.1 Å². The summed E-state index contributed by atoms with van der Waals surface area (Å²) in [7, 11) is 3.17. The predicted octanol–water partition coefficient (Wildman–Crippen LogP) is 1.42. The molecule has 0 saturated heterocycles. The number of carbonyl (C=O) groups is 1. The van der Waals surface area contributed by atoms with Gasteiger partial charge in [0.15, 0.2) is 11.2 Å². The highest BCUT2D eigenvalue weighted by atomic mass is 16.5. The van der Waals surface area contributed by atoms with Gasteiger partial charge in [-0.3, -0.25) is 14.2 Å². The minimum absolute atomic E-state index is 0.219. The summed E-state index contributed by atoms with van der Waals surface area (Å²) in [5.41, 5.74) is 1.30. The highest BCUT2D eigenvalue weighted by Crippen LogP contribution is 2.12. The zero-order chi connectivity index (χ0) is 25.5. The molecule has 1 amide bonds. The number of ether oxygens (including phenoxy) is 2.